The Hall–Kier alpha value is -1.62. The molecule has 0 aliphatic carbocycles. The van der Waals surface area contributed by atoms with Gasteiger partial charge in [-0.1, -0.05) is 6.92 Å². The van der Waals surface area contributed by atoms with Gasteiger partial charge >= 0.3 is 0 Å². The largest absolute Gasteiger partial charge is 0.381 e. The van der Waals surface area contributed by atoms with Crippen LogP contribution in [0.15, 0.2) is 12.4 Å². The minimum absolute atomic E-state index is 0.490. The molecule has 96 valence electrons. The van der Waals surface area contributed by atoms with Crippen LogP contribution in [0.25, 0.3) is 11.0 Å². The van der Waals surface area contributed by atoms with Crippen LogP contribution in [0.2, 0.25) is 0 Å². The minimum Gasteiger partial charge on any atom is -0.381 e. The Bertz CT molecular complexity index is 531. The summed E-state index contributed by atoms with van der Waals surface area (Å²) < 4.78 is 5.40. The van der Waals surface area contributed by atoms with Crippen molar-refractivity contribution >= 4 is 16.7 Å². The van der Waals surface area contributed by atoms with Crippen molar-refractivity contribution in [1.82, 2.24) is 15.2 Å². The minimum atomic E-state index is 0.490. The molecule has 0 saturated carbocycles. The van der Waals surface area contributed by atoms with E-state index in [0.29, 0.717) is 6.04 Å². The summed E-state index contributed by atoms with van der Waals surface area (Å²) in [5.74, 6) is 0. The van der Waals surface area contributed by atoms with E-state index in [1.54, 1.807) is 0 Å². The summed E-state index contributed by atoms with van der Waals surface area (Å²) in [5.41, 5.74) is 3.28. The number of fused-ring (bicyclic) bond motifs is 1. The third-order valence-electron chi connectivity index (χ3n) is 3.51. The van der Waals surface area contributed by atoms with Gasteiger partial charge in [0.15, 0.2) is 5.65 Å². The molecule has 2 aromatic rings. The molecule has 5 nitrogen and oxygen atoms in total. The van der Waals surface area contributed by atoms with E-state index >= 15 is 0 Å². The standard InChI is InChI=1S/C13H18N4O/c1-2-9-7-14-13-11(8-15-17-13)12(9)16-10-3-5-18-6-4-10/h7-8,10H,2-6H2,1H3,(H2,14,15,16,17). The fourth-order valence-electron chi connectivity index (χ4n) is 2.43. The zero-order valence-electron chi connectivity index (χ0n) is 10.6. The lowest BCUT2D eigenvalue weighted by Crippen LogP contribution is -2.28. The Morgan fingerprint density at radius 1 is 1.39 bits per heavy atom. The van der Waals surface area contributed by atoms with E-state index in [4.69, 9.17) is 4.74 Å². The molecule has 0 radical (unpaired) electrons. The first-order valence-electron chi connectivity index (χ1n) is 6.53. The predicted molar refractivity (Wildman–Crippen MR) is 70.7 cm³/mol. The van der Waals surface area contributed by atoms with Gasteiger partial charge in [0, 0.05) is 25.5 Å². The van der Waals surface area contributed by atoms with Crippen molar-refractivity contribution in [3.05, 3.63) is 18.0 Å². The van der Waals surface area contributed by atoms with Gasteiger partial charge in [0.2, 0.25) is 0 Å². The van der Waals surface area contributed by atoms with Crippen molar-refractivity contribution in [3.8, 4) is 0 Å². The molecule has 3 heterocycles. The molecule has 0 bridgehead atoms. The van der Waals surface area contributed by atoms with Crippen molar-refractivity contribution in [2.75, 3.05) is 18.5 Å². The van der Waals surface area contributed by atoms with Gasteiger partial charge in [-0.2, -0.15) is 5.10 Å². The maximum atomic E-state index is 5.40. The van der Waals surface area contributed by atoms with Crippen molar-refractivity contribution in [2.24, 2.45) is 0 Å². The monoisotopic (exact) mass is 246 g/mol. The molecule has 1 saturated heterocycles. The Morgan fingerprint density at radius 3 is 3.00 bits per heavy atom. The highest BCUT2D eigenvalue weighted by atomic mass is 16.5. The smallest absolute Gasteiger partial charge is 0.157 e. The first-order chi connectivity index (χ1) is 8.88. The summed E-state index contributed by atoms with van der Waals surface area (Å²) in [4.78, 5) is 4.38. The lowest BCUT2D eigenvalue weighted by Gasteiger charge is -2.25. The fourth-order valence-corrected chi connectivity index (χ4v) is 2.43. The van der Waals surface area contributed by atoms with Crippen molar-refractivity contribution in [2.45, 2.75) is 32.2 Å². The molecule has 2 N–H and O–H groups in total. The molecule has 18 heavy (non-hydrogen) atoms. The van der Waals surface area contributed by atoms with E-state index in [2.05, 4.69) is 27.4 Å². The second kappa shape index (κ2) is 4.94. The Kier molecular flexibility index (Phi) is 3.15. The number of nitrogens with one attached hydrogen (secondary N) is 2. The topological polar surface area (TPSA) is 62.8 Å². The van der Waals surface area contributed by atoms with E-state index in [0.717, 1.165) is 43.5 Å². The summed E-state index contributed by atoms with van der Waals surface area (Å²) in [6.45, 7) is 3.84. The van der Waals surface area contributed by atoms with Crippen molar-refractivity contribution < 1.29 is 4.74 Å². The van der Waals surface area contributed by atoms with E-state index in [1.807, 2.05) is 12.4 Å². The lowest BCUT2D eigenvalue weighted by molar-refractivity contribution is 0.0904. The van der Waals surface area contributed by atoms with Crippen LogP contribution in [0.5, 0.6) is 0 Å². The number of aryl methyl sites for hydroxylation is 1. The zero-order chi connectivity index (χ0) is 12.4. The fraction of sp³-hybridized carbons (Fsp3) is 0.538. The highest BCUT2D eigenvalue weighted by Crippen LogP contribution is 2.27. The SMILES string of the molecule is CCc1cnc2[nH]ncc2c1NC1CCOCC1. The summed E-state index contributed by atoms with van der Waals surface area (Å²) in [5, 5.41) is 11.7. The van der Waals surface area contributed by atoms with Gasteiger partial charge in [-0.15, -0.1) is 0 Å². The van der Waals surface area contributed by atoms with Crippen LogP contribution >= 0.6 is 0 Å². The molecule has 1 aliphatic rings. The molecular formula is C13H18N4O. The van der Waals surface area contributed by atoms with Crippen LogP contribution < -0.4 is 5.32 Å². The summed E-state index contributed by atoms with van der Waals surface area (Å²) in [7, 11) is 0. The lowest BCUT2D eigenvalue weighted by atomic mass is 10.1. The number of aromatic nitrogens is 3. The zero-order valence-corrected chi connectivity index (χ0v) is 10.6. The molecule has 1 fully saturated rings. The number of rotatable bonds is 3. The van der Waals surface area contributed by atoms with Gasteiger partial charge < -0.3 is 10.1 Å². The van der Waals surface area contributed by atoms with Crippen LogP contribution in [-0.4, -0.2) is 34.4 Å². The molecule has 0 aromatic carbocycles. The van der Waals surface area contributed by atoms with Crippen molar-refractivity contribution in [1.29, 1.82) is 0 Å². The van der Waals surface area contributed by atoms with E-state index < -0.39 is 0 Å². The van der Waals surface area contributed by atoms with Crippen LogP contribution in [0, 0.1) is 0 Å². The van der Waals surface area contributed by atoms with Gasteiger partial charge in [-0.3, -0.25) is 5.10 Å². The number of H-pyrrole nitrogens is 1. The molecule has 0 unspecified atom stereocenters. The normalized spacial score (nSPS) is 17.2. The Morgan fingerprint density at radius 2 is 2.22 bits per heavy atom. The van der Waals surface area contributed by atoms with Crippen LogP contribution in [0.4, 0.5) is 5.69 Å². The van der Waals surface area contributed by atoms with E-state index in [9.17, 15) is 0 Å². The first kappa shape index (κ1) is 11.5. The van der Waals surface area contributed by atoms with Gasteiger partial charge in [-0.25, -0.2) is 4.98 Å². The maximum absolute atomic E-state index is 5.40. The Labute approximate surface area is 106 Å². The Balaban J connectivity index is 1.94. The molecule has 1 aliphatic heterocycles. The van der Waals surface area contributed by atoms with Gasteiger partial charge in [-0.05, 0) is 24.8 Å². The molecule has 3 rings (SSSR count). The molecule has 5 heteroatoms. The van der Waals surface area contributed by atoms with Crippen molar-refractivity contribution in [3.63, 3.8) is 0 Å². The molecular weight excluding hydrogens is 228 g/mol. The third-order valence-corrected chi connectivity index (χ3v) is 3.51. The summed E-state index contributed by atoms with van der Waals surface area (Å²) in [6, 6.07) is 0.490. The number of aromatic amines is 1. The maximum Gasteiger partial charge on any atom is 0.157 e. The van der Waals surface area contributed by atoms with Crippen LogP contribution in [-0.2, 0) is 11.2 Å². The third kappa shape index (κ3) is 2.06. The van der Waals surface area contributed by atoms with Gasteiger partial charge in [0.25, 0.3) is 0 Å². The highest BCUT2D eigenvalue weighted by molar-refractivity contribution is 5.90. The quantitative estimate of drug-likeness (QED) is 0.870. The number of anilines is 1. The molecule has 0 spiro atoms. The second-order valence-electron chi connectivity index (χ2n) is 4.68. The molecule has 0 amide bonds. The predicted octanol–water partition coefficient (Wildman–Crippen LogP) is 2.11. The average molecular weight is 246 g/mol. The second-order valence-corrected chi connectivity index (χ2v) is 4.68. The summed E-state index contributed by atoms with van der Waals surface area (Å²) in [6.07, 6.45) is 6.88. The number of nitrogens with zero attached hydrogens (tertiary/aromatic N) is 2. The highest BCUT2D eigenvalue weighted by Gasteiger charge is 2.17. The summed E-state index contributed by atoms with van der Waals surface area (Å²) >= 11 is 0. The number of hydrogen-bond acceptors (Lipinski definition) is 4. The first-order valence-corrected chi connectivity index (χ1v) is 6.53. The number of pyridine rings is 1. The number of hydrogen-bond donors (Lipinski definition) is 2. The van der Waals surface area contributed by atoms with E-state index in [1.165, 1.54) is 11.3 Å². The number of ether oxygens (including phenoxy) is 1. The van der Waals surface area contributed by atoms with Gasteiger partial charge in [0.1, 0.15) is 0 Å². The van der Waals surface area contributed by atoms with Crippen LogP contribution in [0.1, 0.15) is 25.3 Å². The average Bonchev–Trinajstić information content (AvgIpc) is 2.89. The van der Waals surface area contributed by atoms with E-state index in [-0.39, 0.29) is 0 Å². The molecule has 2 aromatic heterocycles. The van der Waals surface area contributed by atoms with Gasteiger partial charge in [0.05, 0.1) is 17.3 Å². The van der Waals surface area contributed by atoms with Crippen LogP contribution in [0.3, 0.4) is 0 Å². The molecule has 0 atom stereocenters.